The van der Waals surface area contributed by atoms with Crippen molar-refractivity contribution in [3.8, 4) is 0 Å². The lowest BCUT2D eigenvalue weighted by atomic mass is 10.1. The Bertz CT molecular complexity index is 591. The Kier molecular flexibility index (Phi) is 4.06. The second kappa shape index (κ2) is 5.98. The first-order chi connectivity index (χ1) is 10.1. The lowest BCUT2D eigenvalue weighted by Crippen LogP contribution is -2.22. The van der Waals surface area contributed by atoms with Crippen molar-refractivity contribution in [2.24, 2.45) is 0 Å². The van der Waals surface area contributed by atoms with Gasteiger partial charge in [-0.3, -0.25) is 4.90 Å². The summed E-state index contributed by atoms with van der Waals surface area (Å²) in [4.78, 5) is 2.40. The number of hydrogen-bond acceptors (Lipinski definition) is 3. The predicted octanol–water partition coefficient (Wildman–Crippen LogP) is 4.27. The molecule has 0 amide bonds. The molecule has 4 heteroatoms. The third-order valence-corrected chi connectivity index (χ3v) is 4.12. The fourth-order valence-electron chi connectivity index (χ4n) is 2.91. The summed E-state index contributed by atoms with van der Waals surface area (Å²) in [5, 5.41) is 4.25. The second-order valence-electron chi connectivity index (χ2n) is 6.06. The van der Waals surface area contributed by atoms with Crippen LogP contribution < -0.4 is 0 Å². The first-order valence-corrected chi connectivity index (χ1v) is 7.58. The van der Waals surface area contributed by atoms with Gasteiger partial charge in [-0.1, -0.05) is 31.1 Å². The number of benzene rings is 1. The van der Waals surface area contributed by atoms with Crippen molar-refractivity contribution in [3.63, 3.8) is 0 Å². The van der Waals surface area contributed by atoms with E-state index >= 15 is 0 Å². The average molecular weight is 288 g/mol. The van der Waals surface area contributed by atoms with E-state index in [9.17, 15) is 4.39 Å². The van der Waals surface area contributed by atoms with Crippen LogP contribution in [0.3, 0.4) is 0 Å². The Labute approximate surface area is 124 Å². The molecule has 2 aromatic rings. The molecule has 0 radical (unpaired) electrons. The Morgan fingerprint density at radius 3 is 2.76 bits per heavy atom. The van der Waals surface area contributed by atoms with Crippen LogP contribution >= 0.6 is 0 Å². The van der Waals surface area contributed by atoms with Gasteiger partial charge >= 0.3 is 0 Å². The molecule has 3 nitrogen and oxygen atoms in total. The van der Waals surface area contributed by atoms with Crippen LogP contribution in [0.1, 0.15) is 55.7 Å². The topological polar surface area (TPSA) is 29.3 Å². The standard InChI is InChI=1S/C17H21FN2O/c1-12(2)17-10-15(19-21-17)16-4-3-9-20(16)11-13-5-7-14(18)8-6-13/h5-8,10,12,16H,3-4,9,11H2,1-2H3. The maximum atomic E-state index is 13.0. The maximum Gasteiger partial charge on any atom is 0.139 e. The van der Waals surface area contributed by atoms with Crippen molar-refractivity contribution in [2.45, 2.75) is 45.2 Å². The van der Waals surface area contributed by atoms with Crippen LogP contribution in [0.4, 0.5) is 4.39 Å². The molecule has 0 saturated carbocycles. The van der Waals surface area contributed by atoms with Crippen LogP contribution in [0, 0.1) is 5.82 Å². The number of halogens is 1. The maximum absolute atomic E-state index is 13.0. The quantitative estimate of drug-likeness (QED) is 0.841. The molecule has 0 aliphatic carbocycles. The summed E-state index contributed by atoms with van der Waals surface area (Å²) in [5.41, 5.74) is 2.16. The Balaban J connectivity index is 1.74. The van der Waals surface area contributed by atoms with E-state index in [4.69, 9.17) is 4.52 Å². The number of rotatable bonds is 4. The molecule has 0 spiro atoms. The summed E-state index contributed by atoms with van der Waals surface area (Å²) in [5.74, 6) is 1.12. The van der Waals surface area contributed by atoms with Crippen LogP contribution in [0.15, 0.2) is 34.9 Å². The van der Waals surface area contributed by atoms with Crippen molar-refractivity contribution < 1.29 is 8.91 Å². The van der Waals surface area contributed by atoms with Crippen molar-refractivity contribution in [1.82, 2.24) is 10.1 Å². The third-order valence-electron chi connectivity index (χ3n) is 4.12. The highest BCUT2D eigenvalue weighted by molar-refractivity contribution is 5.18. The van der Waals surface area contributed by atoms with Gasteiger partial charge in [-0.15, -0.1) is 0 Å². The summed E-state index contributed by atoms with van der Waals surface area (Å²) in [6.45, 7) is 6.09. The van der Waals surface area contributed by atoms with Crippen molar-refractivity contribution in [2.75, 3.05) is 6.54 Å². The SMILES string of the molecule is CC(C)c1cc(C2CCCN2Cc2ccc(F)cc2)no1. The molecule has 1 aliphatic heterocycles. The van der Waals surface area contributed by atoms with Crippen LogP contribution in [0.2, 0.25) is 0 Å². The fourth-order valence-corrected chi connectivity index (χ4v) is 2.91. The predicted molar refractivity (Wildman–Crippen MR) is 79.4 cm³/mol. The number of hydrogen-bond donors (Lipinski definition) is 0. The normalized spacial score (nSPS) is 19.5. The monoisotopic (exact) mass is 288 g/mol. The Morgan fingerprint density at radius 1 is 1.33 bits per heavy atom. The Hall–Kier alpha value is -1.68. The van der Waals surface area contributed by atoms with Gasteiger partial charge in [-0.2, -0.15) is 0 Å². The van der Waals surface area contributed by atoms with Gasteiger partial charge in [0.05, 0.1) is 6.04 Å². The summed E-state index contributed by atoms with van der Waals surface area (Å²) >= 11 is 0. The number of nitrogens with zero attached hydrogens (tertiary/aromatic N) is 2. The molecule has 1 aliphatic rings. The van der Waals surface area contributed by atoms with Gasteiger partial charge in [0, 0.05) is 18.5 Å². The van der Waals surface area contributed by atoms with Crippen LogP contribution in [0.25, 0.3) is 0 Å². The zero-order valence-electron chi connectivity index (χ0n) is 12.6. The van der Waals surface area contributed by atoms with Gasteiger partial charge in [0.2, 0.25) is 0 Å². The first kappa shape index (κ1) is 14.3. The molecule has 0 N–H and O–H groups in total. The Morgan fingerprint density at radius 2 is 2.10 bits per heavy atom. The molecular formula is C17H21FN2O. The highest BCUT2D eigenvalue weighted by atomic mass is 19.1. The number of likely N-dealkylation sites (tertiary alicyclic amines) is 1. The highest BCUT2D eigenvalue weighted by Crippen LogP contribution is 2.33. The van der Waals surface area contributed by atoms with E-state index in [1.807, 2.05) is 12.1 Å². The lowest BCUT2D eigenvalue weighted by Gasteiger charge is -2.22. The van der Waals surface area contributed by atoms with Gasteiger partial charge in [0.1, 0.15) is 17.3 Å². The van der Waals surface area contributed by atoms with E-state index in [1.54, 1.807) is 0 Å². The molecular weight excluding hydrogens is 267 g/mol. The minimum absolute atomic E-state index is 0.185. The summed E-state index contributed by atoms with van der Waals surface area (Å²) in [7, 11) is 0. The van der Waals surface area contributed by atoms with Crippen molar-refractivity contribution >= 4 is 0 Å². The number of aromatic nitrogens is 1. The first-order valence-electron chi connectivity index (χ1n) is 7.58. The van der Waals surface area contributed by atoms with E-state index < -0.39 is 0 Å². The van der Waals surface area contributed by atoms with Crippen molar-refractivity contribution in [3.05, 3.63) is 53.2 Å². The lowest BCUT2D eigenvalue weighted by molar-refractivity contribution is 0.236. The largest absolute Gasteiger partial charge is 0.361 e. The van der Waals surface area contributed by atoms with Gasteiger partial charge in [0.15, 0.2) is 0 Å². The van der Waals surface area contributed by atoms with Crippen LogP contribution in [-0.4, -0.2) is 16.6 Å². The zero-order valence-corrected chi connectivity index (χ0v) is 12.6. The van der Waals surface area contributed by atoms with Crippen LogP contribution in [0.5, 0.6) is 0 Å². The molecule has 1 fully saturated rings. The van der Waals surface area contributed by atoms with E-state index in [2.05, 4.69) is 30.0 Å². The van der Waals surface area contributed by atoms with E-state index in [-0.39, 0.29) is 5.82 Å². The molecule has 1 atom stereocenters. The average Bonchev–Trinajstić information content (AvgIpc) is 3.09. The molecule has 3 rings (SSSR count). The molecule has 0 bridgehead atoms. The van der Waals surface area contributed by atoms with Gasteiger partial charge in [-0.05, 0) is 37.1 Å². The molecule has 21 heavy (non-hydrogen) atoms. The zero-order chi connectivity index (χ0) is 14.8. The fraction of sp³-hybridized carbons (Fsp3) is 0.471. The molecule has 1 aromatic carbocycles. The third kappa shape index (κ3) is 3.16. The molecule has 1 saturated heterocycles. The minimum atomic E-state index is -0.185. The summed E-state index contributed by atoms with van der Waals surface area (Å²) in [6.07, 6.45) is 2.26. The van der Waals surface area contributed by atoms with E-state index in [1.165, 1.54) is 12.1 Å². The smallest absolute Gasteiger partial charge is 0.139 e. The molecule has 2 heterocycles. The molecule has 112 valence electrons. The molecule has 1 aromatic heterocycles. The van der Waals surface area contributed by atoms with Crippen LogP contribution in [-0.2, 0) is 6.54 Å². The van der Waals surface area contributed by atoms with E-state index in [0.29, 0.717) is 12.0 Å². The van der Waals surface area contributed by atoms with Gasteiger partial charge < -0.3 is 4.52 Å². The van der Waals surface area contributed by atoms with Gasteiger partial charge in [0.25, 0.3) is 0 Å². The second-order valence-corrected chi connectivity index (χ2v) is 6.06. The highest BCUT2D eigenvalue weighted by Gasteiger charge is 2.28. The minimum Gasteiger partial charge on any atom is -0.361 e. The summed E-state index contributed by atoms with van der Waals surface area (Å²) < 4.78 is 18.4. The van der Waals surface area contributed by atoms with E-state index in [0.717, 1.165) is 42.9 Å². The van der Waals surface area contributed by atoms with Crippen molar-refractivity contribution in [1.29, 1.82) is 0 Å². The van der Waals surface area contributed by atoms with Gasteiger partial charge in [-0.25, -0.2) is 4.39 Å². The summed E-state index contributed by atoms with van der Waals surface area (Å²) in [6, 6.07) is 9.14. The molecule has 1 unspecified atom stereocenters.